The monoisotopic (exact) mass is 170 g/mol. The second kappa shape index (κ2) is 4.24. The number of nitrogens with zero attached hydrogens (tertiary/aromatic N) is 1. The van der Waals surface area contributed by atoms with E-state index < -0.39 is 0 Å². The van der Waals surface area contributed by atoms with E-state index in [2.05, 4.69) is 38.2 Å². The Labute approximate surface area is 76.3 Å². The molecule has 2 unspecified atom stereocenters. The molecule has 0 aliphatic heterocycles. The molecule has 0 aromatic carbocycles. The Balaban J connectivity index is 2.35. The summed E-state index contributed by atoms with van der Waals surface area (Å²) < 4.78 is 0. The van der Waals surface area contributed by atoms with Crippen LogP contribution in [0.15, 0.2) is 0 Å². The van der Waals surface area contributed by atoms with E-state index in [1.165, 1.54) is 19.3 Å². The van der Waals surface area contributed by atoms with E-state index in [-0.39, 0.29) is 0 Å². The second-order valence-corrected chi connectivity index (χ2v) is 4.21. The molecule has 1 fully saturated rings. The zero-order valence-electron chi connectivity index (χ0n) is 8.80. The maximum atomic E-state index is 3.36. The van der Waals surface area contributed by atoms with Gasteiger partial charge in [-0.05, 0) is 47.2 Å². The van der Waals surface area contributed by atoms with Crippen molar-refractivity contribution in [2.24, 2.45) is 0 Å². The van der Waals surface area contributed by atoms with E-state index in [9.17, 15) is 0 Å². The molecule has 2 nitrogen and oxygen atoms in total. The van der Waals surface area contributed by atoms with Crippen LogP contribution >= 0.6 is 0 Å². The molecule has 0 bridgehead atoms. The molecule has 1 N–H and O–H groups in total. The SMILES string of the molecule is CNC1CCC(N(C)C(C)C)C1. The van der Waals surface area contributed by atoms with E-state index in [1.54, 1.807) is 0 Å². The highest BCUT2D eigenvalue weighted by Crippen LogP contribution is 2.24. The van der Waals surface area contributed by atoms with Crippen molar-refractivity contribution in [3.63, 3.8) is 0 Å². The van der Waals surface area contributed by atoms with Crippen LogP contribution in [-0.2, 0) is 0 Å². The van der Waals surface area contributed by atoms with Crippen LogP contribution < -0.4 is 5.32 Å². The highest BCUT2D eigenvalue weighted by Gasteiger charge is 2.27. The predicted octanol–water partition coefficient (Wildman–Crippen LogP) is 1.47. The quantitative estimate of drug-likeness (QED) is 0.690. The first-order valence-electron chi connectivity index (χ1n) is 5.04. The minimum atomic E-state index is 0.686. The number of hydrogen-bond acceptors (Lipinski definition) is 2. The molecule has 1 rings (SSSR count). The van der Waals surface area contributed by atoms with Crippen molar-refractivity contribution in [3.05, 3.63) is 0 Å². The van der Waals surface area contributed by atoms with Crippen LogP contribution in [0.3, 0.4) is 0 Å². The topological polar surface area (TPSA) is 15.3 Å². The Morgan fingerprint density at radius 3 is 2.42 bits per heavy atom. The molecule has 0 heterocycles. The molecule has 12 heavy (non-hydrogen) atoms. The molecule has 1 aliphatic carbocycles. The van der Waals surface area contributed by atoms with E-state index >= 15 is 0 Å². The van der Waals surface area contributed by atoms with Gasteiger partial charge in [0.25, 0.3) is 0 Å². The van der Waals surface area contributed by atoms with E-state index in [0.29, 0.717) is 6.04 Å². The minimum absolute atomic E-state index is 0.686. The molecule has 2 atom stereocenters. The summed E-state index contributed by atoms with van der Waals surface area (Å²) in [7, 11) is 4.32. The van der Waals surface area contributed by atoms with Gasteiger partial charge in [-0.3, -0.25) is 0 Å². The molecule has 0 saturated heterocycles. The zero-order valence-corrected chi connectivity index (χ0v) is 8.80. The zero-order chi connectivity index (χ0) is 9.14. The molecule has 1 saturated carbocycles. The van der Waals surface area contributed by atoms with Gasteiger partial charge in [0.1, 0.15) is 0 Å². The van der Waals surface area contributed by atoms with Crippen LogP contribution in [-0.4, -0.2) is 37.1 Å². The number of hydrogen-bond donors (Lipinski definition) is 1. The van der Waals surface area contributed by atoms with Gasteiger partial charge < -0.3 is 10.2 Å². The summed E-state index contributed by atoms with van der Waals surface area (Å²) in [6.07, 6.45) is 4.03. The van der Waals surface area contributed by atoms with E-state index in [1.807, 2.05) is 0 Å². The van der Waals surface area contributed by atoms with Crippen molar-refractivity contribution in [1.82, 2.24) is 10.2 Å². The normalized spacial score (nSPS) is 30.5. The summed E-state index contributed by atoms with van der Waals surface area (Å²) in [5.74, 6) is 0. The Morgan fingerprint density at radius 1 is 1.33 bits per heavy atom. The van der Waals surface area contributed by atoms with Gasteiger partial charge in [0.05, 0.1) is 0 Å². The standard InChI is InChI=1S/C10H22N2/c1-8(2)12(4)10-6-5-9(7-10)11-3/h8-11H,5-7H2,1-4H3. The molecular weight excluding hydrogens is 148 g/mol. The first-order valence-corrected chi connectivity index (χ1v) is 5.04. The first-order chi connectivity index (χ1) is 5.65. The van der Waals surface area contributed by atoms with Crippen LogP contribution in [0.5, 0.6) is 0 Å². The lowest BCUT2D eigenvalue weighted by molar-refractivity contribution is 0.196. The molecule has 2 heteroatoms. The molecule has 0 spiro atoms. The highest BCUT2D eigenvalue weighted by atomic mass is 15.2. The van der Waals surface area contributed by atoms with Crippen LogP contribution in [0.1, 0.15) is 33.1 Å². The summed E-state index contributed by atoms with van der Waals surface area (Å²) in [5, 5.41) is 3.36. The molecule has 0 amide bonds. The van der Waals surface area contributed by atoms with Crippen LogP contribution in [0.25, 0.3) is 0 Å². The van der Waals surface area contributed by atoms with Crippen molar-refractivity contribution in [2.75, 3.05) is 14.1 Å². The van der Waals surface area contributed by atoms with E-state index in [4.69, 9.17) is 0 Å². The smallest absolute Gasteiger partial charge is 0.0110 e. The Morgan fingerprint density at radius 2 is 2.00 bits per heavy atom. The van der Waals surface area contributed by atoms with Gasteiger partial charge in [0.15, 0.2) is 0 Å². The highest BCUT2D eigenvalue weighted by molar-refractivity contribution is 4.85. The summed E-state index contributed by atoms with van der Waals surface area (Å²) >= 11 is 0. The van der Waals surface area contributed by atoms with Crippen molar-refractivity contribution < 1.29 is 0 Å². The van der Waals surface area contributed by atoms with Gasteiger partial charge in [0.2, 0.25) is 0 Å². The summed E-state index contributed by atoms with van der Waals surface area (Å²) in [6.45, 7) is 4.54. The fourth-order valence-electron chi connectivity index (χ4n) is 2.01. The number of rotatable bonds is 3. The average molecular weight is 170 g/mol. The lowest BCUT2D eigenvalue weighted by Gasteiger charge is -2.28. The molecule has 72 valence electrons. The third-order valence-electron chi connectivity index (χ3n) is 3.20. The third kappa shape index (κ3) is 2.20. The lowest BCUT2D eigenvalue weighted by atomic mass is 10.2. The van der Waals surface area contributed by atoms with Gasteiger partial charge in [-0.25, -0.2) is 0 Å². The maximum absolute atomic E-state index is 3.36. The Bertz CT molecular complexity index is 134. The van der Waals surface area contributed by atoms with Crippen LogP contribution in [0, 0.1) is 0 Å². The summed E-state index contributed by atoms with van der Waals surface area (Å²) in [6, 6.07) is 2.25. The van der Waals surface area contributed by atoms with E-state index in [0.717, 1.165) is 12.1 Å². The van der Waals surface area contributed by atoms with Crippen molar-refractivity contribution in [2.45, 2.75) is 51.2 Å². The van der Waals surface area contributed by atoms with Crippen LogP contribution in [0.4, 0.5) is 0 Å². The predicted molar refractivity (Wildman–Crippen MR) is 53.4 cm³/mol. The molecule has 0 radical (unpaired) electrons. The van der Waals surface area contributed by atoms with Crippen molar-refractivity contribution in [3.8, 4) is 0 Å². The fourth-order valence-corrected chi connectivity index (χ4v) is 2.01. The largest absolute Gasteiger partial charge is 0.317 e. The second-order valence-electron chi connectivity index (χ2n) is 4.21. The Kier molecular flexibility index (Phi) is 3.53. The maximum Gasteiger partial charge on any atom is 0.0110 e. The fraction of sp³-hybridized carbons (Fsp3) is 1.00. The van der Waals surface area contributed by atoms with Gasteiger partial charge in [-0.15, -0.1) is 0 Å². The van der Waals surface area contributed by atoms with Gasteiger partial charge in [0, 0.05) is 18.1 Å². The Hall–Kier alpha value is -0.0800. The van der Waals surface area contributed by atoms with Gasteiger partial charge in [-0.2, -0.15) is 0 Å². The minimum Gasteiger partial charge on any atom is -0.317 e. The summed E-state index contributed by atoms with van der Waals surface area (Å²) in [4.78, 5) is 2.50. The lowest BCUT2D eigenvalue weighted by Crippen LogP contribution is -2.36. The summed E-state index contributed by atoms with van der Waals surface area (Å²) in [5.41, 5.74) is 0. The molecule has 1 aliphatic rings. The molecule has 0 aromatic rings. The molecular formula is C10H22N2. The van der Waals surface area contributed by atoms with Crippen LogP contribution in [0.2, 0.25) is 0 Å². The van der Waals surface area contributed by atoms with Crippen molar-refractivity contribution >= 4 is 0 Å². The third-order valence-corrected chi connectivity index (χ3v) is 3.20. The molecule has 0 aromatic heterocycles. The first kappa shape index (κ1) is 10.0. The number of nitrogens with one attached hydrogen (secondary N) is 1. The van der Waals surface area contributed by atoms with Crippen molar-refractivity contribution in [1.29, 1.82) is 0 Å². The van der Waals surface area contributed by atoms with Gasteiger partial charge in [-0.1, -0.05) is 0 Å². The van der Waals surface area contributed by atoms with Gasteiger partial charge >= 0.3 is 0 Å². The average Bonchev–Trinajstić information content (AvgIpc) is 2.50.